The molecule has 1 saturated heterocycles. The van der Waals surface area contributed by atoms with Gasteiger partial charge in [0.25, 0.3) is 0 Å². The number of H-pyrrole nitrogens is 1. The third kappa shape index (κ3) is 3.52. The van der Waals surface area contributed by atoms with Crippen LogP contribution in [0.15, 0.2) is 5.10 Å². The molecule has 0 radical (unpaired) electrons. The van der Waals surface area contributed by atoms with Crippen molar-refractivity contribution in [2.45, 2.75) is 52.5 Å². The summed E-state index contributed by atoms with van der Waals surface area (Å²) in [5.74, 6) is 1.11. The van der Waals surface area contributed by atoms with Crippen LogP contribution in [0.1, 0.15) is 56.0 Å². The first-order chi connectivity index (χ1) is 12.0. The lowest BCUT2D eigenvalue weighted by Crippen LogP contribution is -2.17. The molecule has 1 aliphatic rings. The second-order valence-electron chi connectivity index (χ2n) is 7.74. The molecular weight excluding hydrogens is 372 g/mol. The van der Waals surface area contributed by atoms with Crippen molar-refractivity contribution in [1.29, 1.82) is 0 Å². The van der Waals surface area contributed by atoms with E-state index in [0.717, 1.165) is 22.8 Å². The number of rotatable bonds is 3. The summed E-state index contributed by atoms with van der Waals surface area (Å²) in [5, 5.41) is 16.1. The van der Waals surface area contributed by atoms with Crippen LogP contribution in [0.25, 0.3) is 0 Å². The SMILES string of the molecule is Cc1nn([C@@H]2CCS(=O)(=O)C2)c(C)c1C=Nn1c(C(C)(C)C)n[nH]c1=S. The van der Waals surface area contributed by atoms with Crippen molar-refractivity contribution in [3.05, 3.63) is 27.5 Å². The van der Waals surface area contributed by atoms with Crippen molar-refractivity contribution < 1.29 is 8.42 Å². The van der Waals surface area contributed by atoms with Crippen LogP contribution in [0.4, 0.5) is 0 Å². The molecule has 8 nitrogen and oxygen atoms in total. The van der Waals surface area contributed by atoms with Gasteiger partial charge in [0, 0.05) is 16.7 Å². The number of hydrogen-bond donors (Lipinski definition) is 1. The number of sulfone groups is 1. The molecule has 0 aliphatic carbocycles. The van der Waals surface area contributed by atoms with E-state index in [2.05, 4.69) is 20.4 Å². The van der Waals surface area contributed by atoms with Gasteiger partial charge in [-0.25, -0.2) is 8.42 Å². The molecule has 1 fully saturated rings. The second-order valence-corrected chi connectivity index (χ2v) is 10.4. The molecule has 1 atom stereocenters. The molecule has 0 spiro atoms. The third-order valence-electron chi connectivity index (χ3n) is 4.56. The van der Waals surface area contributed by atoms with E-state index in [9.17, 15) is 8.42 Å². The lowest BCUT2D eigenvalue weighted by Gasteiger charge is -2.15. The average molecular weight is 397 g/mol. The van der Waals surface area contributed by atoms with E-state index in [1.165, 1.54) is 0 Å². The Balaban J connectivity index is 1.97. The minimum atomic E-state index is -2.96. The molecule has 2 aromatic rings. The lowest BCUT2D eigenvalue weighted by molar-refractivity contribution is 0.486. The van der Waals surface area contributed by atoms with Gasteiger partial charge in [-0.05, 0) is 32.5 Å². The summed E-state index contributed by atoms with van der Waals surface area (Å²) in [4.78, 5) is 0. The Kier molecular flexibility index (Phi) is 4.68. The molecule has 1 aliphatic heterocycles. The van der Waals surface area contributed by atoms with E-state index < -0.39 is 9.84 Å². The first-order valence-electron chi connectivity index (χ1n) is 8.48. The quantitative estimate of drug-likeness (QED) is 0.634. The molecule has 10 heteroatoms. The number of nitrogens with zero attached hydrogens (tertiary/aromatic N) is 5. The van der Waals surface area contributed by atoms with Gasteiger partial charge in [-0.1, -0.05) is 20.8 Å². The van der Waals surface area contributed by atoms with Crippen LogP contribution in [-0.4, -0.2) is 50.8 Å². The van der Waals surface area contributed by atoms with Crippen molar-refractivity contribution in [2.75, 3.05) is 11.5 Å². The van der Waals surface area contributed by atoms with E-state index in [0.29, 0.717) is 11.2 Å². The molecule has 0 aromatic carbocycles. The maximum absolute atomic E-state index is 11.8. The van der Waals surface area contributed by atoms with E-state index in [1.807, 2.05) is 39.3 Å². The normalized spacial score (nSPS) is 20.3. The Labute approximate surface area is 158 Å². The summed E-state index contributed by atoms with van der Waals surface area (Å²) >= 11 is 5.28. The van der Waals surface area contributed by atoms with Crippen molar-refractivity contribution in [3.8, 4) is 0 Å². The summed E-state index contributed by atoms with van der Waals surface area (Å²) in [6, 6.07) is -0.109. The Hall–Kier alpha value is -1.81. The van der Waals surface area contributed by atoms with E-state index >= 15 is 0 Å². The molecule has 1 N–H and O–H groups in total. The topological polar surface area (TPSA) is 97.9 Å². The molecule has 26 heavy (non-hydrogen) atoms. The van der Waals surface area contributed by atoms with Crippen LogP contribution in [0.5, 0.6) is 0 Å². The highest BCUT2D eigenvalue weighted by molar-refractivity contribution is 7.91. The number of hydrogen-bond acceptors (Lipinski definition) is 6. The molecule has 0 bridgehead atoms. The fraction of sp³-hybridized carbons (Fsp3) is 0.625. The summed E-state index contributed by atoms with van der Waals surface area (Å²) in [5.41, 5.74) is 2.37. The number of nitrogens with one attached hydrogen (secondary N) is 1. The van der Waals surface area contributed by atoms with Crippen LogP contribution >= 0.6 is 12.2 Å². The largest absolute Gasteiger partial charge is 0.265 e. The Morgan fingerprint density at radius 3 is 2.62 bits per heavy atom. The lowest BCUT2D eigenvalue weighted by atomic mass is 9.96. The molecule has 142 valence electrons. The number of aryl methyl sites for hydroxylation is 1. The van der Waals surface area contributed by atoms with Gasteiger partial charge in [0.15, 0.2) is 15.7 Å². The Morgan fingerprint density at radius 1 is 1.35 bits per heavy atom. The molecule has 3 rings (SSSR count). The first-order valence-corrected chi connectivity index (χ1v) is 10.7. The second kappa shape index (κ2) is 6.41. The van der Waals surface area contributed by atoms with Gasteiger partial charge in [0.1, 0.15) is 0 Å². The predicted molar refractivity (Wildman–Crippen MR) is 103 cm³/mol. The van der Waals surface area contributed by atoms with Gasteiger partial charge < -0.3 is 0 Å². The van der Waals surface area contributed by atoms with Crippen molar-refractivity contribution in [3.63, 3.8) is 0 Å². The minimum Gasteiger partial charge on any atom is -0.265 e. The fourth-order valence-corrected chi connectivity index (χ4v) is 5.06. The molecule has 0 amide bonds. The number of aromatic amines is 1. The van der Waals surface area contributed by atoms with Crippen molar-refractivity contribution >= 4 is 28.3 Å². The zero-order valence-electron chi connectivity index (χ0n) is 15.6. The maximum Gasteiger partial charge on any atom is 0.216 e. The van der Waals surface area contributed by atoms with Gasteiger partial charge in [0.2, 0.25) is 4.77 Å². The van der Waals surface area contributed by atoms with Crippen molar-refractivity contribution in [2.24, 2.45) is 5.10 Å². The summed E-state index contributed by atoms with van der Waals surface area (Å²) in [6.45, 7) is 9.95. The van der Waals surface area contributed by atoms with Gasteiger partial charge in [-0.2, -0.15) is 20.0 Å². The minimum absolute atomic E-state index is 0.109. The van der Waals surface area contributed by atoms with Gasteiger partial charge in [-0.15, -0.1) is 0 Å². The predicted octanol–water partition coefficient (Wildman–Crippen LogP) is 2.29. The average Bonchev–Trinajstić information content (AvgIpc) is 3.14. The van der Waals surface area contributed by atoms with Gasteiger partial charge in [0.05, 0.1) is 29.5 Å². The van der Waals surface area contributed by atoms with E-state index in [4.69, 9.17) is 12.2 Å². The molecule has 0 unspecified atom stereocenters. The molecule has 3 heterocycles. The van der Waals surface area contributed by atoms with Crippen LogP contribution in [0.2, 0.25) is 0 Å². The van der Waals surface area contributed by atoms with Gasteiger partial charge >= 0.3 is 0 Å². The Morgan fingerprint density at radius 2 is 2.04 bits per heavy atom. The van der Waals surface area contributed by atoms with E-state index in [1.54, 1.807) is 10.9 Å². The summed E-state index contributed by atoms with van der Waals surface area (Å²) < 4.78 is 27.4. The van der Waals surface area contributed by atoms with Crippen LogP contribution in [0.3, 0.4) is 0 Å². The smallest absolute Gasteiger partial charge is 0.216 e. The third-order valence-corrected chi connectivity index (χ3v) is 6.57. The monoisotopic (exact) mass is 396 g/mol. The zero-order valence-corrected chi connectivity index (χ0v) is 17.3. The fourth-order valence-electron chi connectivity index (χ4n) is 3.19. The summed E-state index contributed by atoms with van der Waals surface area (Å²) in [6.07, 6.45) is 2.32. The highest BCUT2D eigenvalue weighted by Gasteiger charge is 2.31. The van der Waals surface area contributed by atoms with E-state index in [-0.39, 0.29) is 23.0 Å². The van der Waals surface area contributed by atoms with Crippen molar-refractivity contribution in [1.82, 2.24) is 24.7 Å². The first kappa shape index (κ1) is 19.0. The molecular formula is C16H24N6O2S2. The van der Waals surface area contributed by atoms with Gasteiger partial charge in [-0.3, -0.25) is 9.78 Å². The molecule has 2 aromatic heterocycles. The number of aromatic nitrogens is 5. The standard InChI is InChI=1S/C16H24N6O2S2/c1-10-13(8-17-22-14(16(3,4)5)18-19-15(22)25)11(2)21(20-10)12-6-7-26(23,24)9-12/h8,12H,6-7,9H2,1-5H3,(H,19,25)/t12-/m1/s1. The highest BCUT2D eigenvalue weighted by atomic mass is 32.2. The Bertz CT molecular complexity index is 1020. The van der Waals surface area contributed by atoms with Crippen LogP contribution in [-0.2, 0) is 15.3 Å². The highest BCUT2D eigenvalue weighted by Crippen LogP contribution is 2.26. The molecule has 0 saturated carbocycles. The van der Waals surface area contributed by atoms with Crippen LogP contribution in [0, 0.1) is 18.6 Å². The zero-order chi connectivity index (χ0) is 19.3. The summed E-state index contributed by atoms with van der Waals surface area (Å²) in [7, 11) is -2.96. The van der Waals surface area contributed by atoms with Crippen LogP contribution < -0.4 is 0 Å². The maximum atomic E-state index is 11.8.